The molecular weight excluding hydrogens is 258 g/mol. The van der Waals surface area contributed by atoms with Crippen LogP contribution in [0.5, 0.6) is 0 Å². The van der Waals surface area contributed by atoms with Crippen LogP contribution >= 0.6 is 0 Å². The van der Waals surface area contributed by atoms with E-state index in [9.17, 15) is 9.59 Å². The van der Waals surface area contributed by atoms with Gasteiger partial charge in [-0.1, -0.05) is 20.8 Å². The number of hydrogen-bond donors (Lipinski definition) is 3. The predicted octanol–water partition coefficient (Wildman–Crippen LogP) is 1.52. The highest BCUT2D eigenvalue weighted by Crippen LogP contribution is 2.21. The Bertz CT molecular complexity index is 346. The molecule has 118 valence electrons. The number of carboxylic acid groups (broad SMARTS) is 1. The first-order valence-electron chi connectivity index (χ1n) is 6.80. The number of aliphatic carboxylic acids is 1. The predicted molar refractivity (Wildman–Crippen MR) is 79.8 cm³/mol. The number of carbonyl (C=O) groups is 2. The monoisotopic (exact) mass is 287 g/mol. The van der Waals surface area contributed by atoms with Gasteiger partial charge in [-0.25, -0.2) is 4.79 Å². The lowest BCUT2D eigenvalue weighted by molar-refractivity contribution is -0.138. The van der Waals surface area contributed by atoms with E-state index in [-0.39, 0.29) is 23.4 Å². The van der Waals surface area contributed by atoms with Gasteiger partial charge in [0.05, 0.1) is 6.42 Å². The molecule has 0 saturated carbocycles. The lowest BCUT2D eigenvalue weighted by Gasteiger charge is -2.34. The van der Waals surface area contributed by atoms with Crippen LogP contribution < -0.4 is 10.6 Å². The van der Waals surface area contributed by atoms with E-state index < -0.39 is 12.0 Å². The van der Waals surface area contributed by atoms with Crippen LogP contribution in [0.25, 0.3) is 0 Å². The van der Waals surface area contributed by atoms with Crippen molar-refractivity contribution in [1.29, 1.82) is 0 Å². The van der Waals surface area contributed by atoms with Crippen LogP contribution in [0.4, 0.5) is 4.79 Å². The van der Waals surface area contributed by atoms with Gasteiger partial charge in [0.1, 0.15) is 0 Å². The number of nitrogens with one attached hydrogen (secondary N) is 2. The zero-order chi connectivity index (χ0) is 16.1. The molecule has 1 unspecified atom stereocenters. The molecule has 0 aromatic heterocycles. The summed E-state index contributed by atoms with van der Waals surface area (Å²) in [6.45, 7) is 10.2. The Morgan fingerprint density at radius 3 is 2.00 bits per heavy atom. The van der Waals surface area contributed by atoms with Gasteiger partial charge in [0.2, 0.25) is 0 Å². The first kappa shape index (κ1) is 18.7. The standard InChI is InChI=1S/C14H29N3O3/c1-13(2,3)10(8-11(18)19)16-12(20)15-9-14(4,5)17(6)7/h10H,8-9H2,1-7H3,(H,18,19)(H2,15,16,20). The van der Waals surface area contributed by atoms with E-state index in [1.807, 2.05) is 53.6 Å². The molecule has 20 heavy (non-hydrogen) atoms. The summed E-state index contributed by atoms with van der Waals surface area (Å²) in [5, 5.41) is 14.5. The number of carboxylic acids is 1. The summed E-state index contributed by atoms with van der Waals surface area (Å²) >= 11 is 0. The molecule has 0 heterocycles. The van der Waals surface area contributed by atoms with Gasteiger partial charge in [-0.2, -0.15) is 0 Å². The van der Waals surface area contributed by atoms with Crippen LogP contribution in [-0.4, -0.2) is 54.2 Å². The fraction of sp³-hybridized carbons (Fsp3) is 0.857. The van der Waals surface area contributed by atoms with Crippen molar-refractivity contribution in [2.45, 2.75) is 52.6 Å². The molecule has 0 rings (SSSR count). The Labute approximate surface area is 121 Å². The van der Waals surface area contributed by atoms with Gasteiger partial charge in [0.15, 0.2) is 0 Å². The maximum absolute atomic E-state index is 11.9. The summed E-state index contributed by atoms with van der Waals surface area (Å²) in [4.78, 5) is 24.8. The van der Waals surface area contributed by atoms with Gasteiger partial charge >= 0.3 is 12.0 Å². The second kappa shape index (κ2) is 6.92. The maximum atomic E-state index is 11.9. The zero-order valence-electron chi connectivity index (χ0n) is 13.7. The number of carbonyl (C=O) groups excluding carboxylic acids is 1. The van der Waals surface area contributed by atoms with Gasteiger partial charge in [-0.15, -0.1) is 0 Å². The summed E-state index contributed by atoms with van der Waals surface area (Å²) < 4.78 is 0. The third-order valence-electron chi connectivity index (χ3n) is 3.62. The molecule has 0 radical (unpaired) electrons. The number of nitrogens with zero attached hydrogens (tertiary/aromatic N) is 1. The van der Waals surface area contributed by atoms with Crippen LogP contribution in [0.2, 0.25) is 0 Å². The van der Waals surface area contributed by atoms with E-state index in [1.165, 1.54) is 0 Å². The number of rotatable bonds is 6. The van der Waals surface area contributed by atoms with Gasteiger partial charge in [0, 0.05) is 18.1 Å². The van der Waals surface area contributed by atoms with Crippen LogP contribution in [0.3, 0.4) is 0 Å². The van der Waals surface area contributed by atoms with Crippen LogP contribution in [0.15, 0.2) is 0 Å². The second-order valence-corrected chi connectivity index (χ2v) is 7.05. The zero-order valence-corrected chi connectivity index (χ0v) is 13.7. The number of amides is 2. The minimum Gasteiger partial charge on any atom is -0.481 e. The third-order valence-corrected chi connectivity index (χ3v) is 3.62. The lowest BCUT2D eigenvalue weighted by Crippen LogP contribution is -2.54. The fourth-order valence-electron chi connectivity index (χ4n) is 1.41. The molecule has 0 aliphatic rings. The molecule has 6 nitrogen and oxygen atoms in total. The van der Waals surface area contributed by atoms with Crippen molar-refractivity contribution in [3.63, 3.8) is 0 Å². The van der Waals surface area contributed by atoms with Gasteiger partial charge in [-0.3, -0.25) is 4.79 Å². The van der Waals surface area contributed by atoms with Gasteiger partial charge in [-0.05, 0) is 33.4 Å². The fourth-order valence-corrected chi connectivity index (χ4v) is 1.41. The molecule has 6 heteroatoms. The molecule has 0 spiro atoms. The average Bonchev–Trinajstić information content (AvgIpc) is 2.23. The second-order valence-electron chi connectivity index (χ2n) is 7.05. The maximum Gasteiger partial charge on any atom is 0.315 e. The van der Waals surface area contributed by atoms with Crippen molar-refractivity contribution in [2.24, 2.45) is 5.41 Å². The van der Waals surface area contributed by atoms with Crippen molar-refractivity contribution >= 4 is 12.0 Å². The molecule has 1 atom stereocenters. The third kappa shape index (κ3) is 6.75. The van der Waals surface area contributed by atoms with E-state index in [0.717, 1.165) is 0 Å². The van der Waals surface area contributed by atoms with Crippen LogP contribution in [0, 0.1) is 5.41 Å². The Morgan fingerprint density at radius 1 is 1.15 bits per heavy atom. The van der Waals surface area contributed by atoms with Crippen LogP contribution in [-0.2, 0) is 4.79 Å². The number of urea groups is 1. The van der Waals surface area contributed by atoms with Crippen molar-refractivity contribution in [3.05, 3.63) is 0 Å². The molecule has 0 aromatic rings. The van der Waals surface area contributed by atoms with E-state index >= 15 is 0 Å². The summed E-state index contributed by atoms with van der Waals surface area (Å²) in [6, 6.07) is -0.747. The summed E-state index contributed by atoms with van der Waals surface area (Å²) in [5.74, 6) is -0.918. The smallest absolute Gasteiger partial charge is 0.315 e. The first-order chi connectivity index (χ1) is 8.86. The molecule has 0 saturated heterocycles. The normalized spacial score (nSPS) is 14.0. The quantitative estimate of drug-likeness (QED) is 0.692. The highest BCUT2D eigenvalue weighted by Gasteiger charge is 2.29. The molecule has 0 aliphatic carbocycles. The average molecular weight is 287 g/mol. The Kier molecular flexibility index (Phi) is 6.47. The lowest BCUT2D eigenvalue weighted by atomic mass is 9.85. The summed E-state index contributed by atoms with van der Waals surface area (Å²) in [5.41, 5.74) is -0.478. The Hall–Kier alpha value is -1.30. The molecule has 0 bridgehead atoms. The van der Waals surface area contributed by atoms with Crippen molar-refractivity contribution in [1.82, 2.24) is 15.5 Å². The van der Waals surface area contributed by atoms with Gasteiger partial charge in [0.25, 0.3) is 0 Å². The minimum absolute atomic E-state index is 0.0893. The van der Waals surface area contributed by atoms with Gasteiger partial charge < -0.3 is 20.6 Å². The Balaban J connectivity index is 4.52. The highest BCUT2D eigenvalue weighted by molar-refractivity contribution is 5.76. The largest absolute Gasteiger partial charge is 0.481 e. The Morgan fingerprint density at radius 2 is 1.65 bits per heavy atom. The SMILES string of the molecule is CN(C)C(C)(C)CNC(=O)NC(CC(=O)O)C(C)(C)C. The first-order valence-corrected chi connectivity index (χ1v) is 6.80. The number of hydrogen-bond acceptors (Lipinski definition) is 3. The molecular formula is C14H29N3O3. The molecule has 3 N–H and O–H groups in total. The topological polar surface area (TPSA) is 81.7 Å². The molecule has 0 aliphatic heterocycles. The highest BCUT2D eigenvalue weighted by atomic mass is 16.4. The molecule has 0 fully saturated rings. The van der Waals surface area contributed by atoms with Crippen LogP contribution in [0.1, 0.15) is 41.0 Å². The van der Waals surface area contributed by atoms with Crippen molar-refractivity contribution < 1.29 is 14.7 Å². The number of likely N-dealkylation sites (N-methyl/N-ethyl adjacent to an activating group) is 1. The minimum atomic E-state index is -0.918. The van der Waals surface area contributed by atoms with E-state index in [2.05, 4.69) is 10.6 Å². The summed E-state index contributed by atoms with van der Waals surface area (Å²) in [7, 11) is 3.89. The van der Waals surface area contributed by atoms with Crippen molar-refractivity contribution in [2.75, 3.05) is 20.6 Å². The summed E-state index contributed by atoms with van der Waals surface area (Å²) in [6.07, 6.45) is -0.0893. The molecule has 0 aromatic carbocycles. The van der Waals surface area contributed by atoms with E-state index in [0.29, 0.717) is 6.54 Å². The van der Waals surface area contributed by atoms with E-state index in [4.69, 9.17) is 5.11 Å². The van der Waals surface area contributed by atoms with E-state index in [1.54, 1.807) is 0 Å². The van der Waals surface area contributed by atoms with Crippen molar-refractivity contribution in [3.8, 4) is 0 Å². The molecule has 2 amide bonds.